The van der Waals surface area contributed by atoms with Crippen LogP contribution in [0.1, 0.15) is 17.9 Å². The molecule has 1 saturated carbocycles. The quantitative estimate of drug-likeness (QED) is 0.794. The van der Waals surface area contributed by atoms with Crippen LogP contribution < -0.4 is 10.6 Å². The summed E-state index contributed by atoms with van der Waals surface area (Å²) in [5.41, 5.74) is 1.28. The fourth-order valence-corrected chi connectivity index (χ4v) is 3.69. The van der Waals surface area contributed by atoms with Gasteiger partial charge in [0.15, 0.2) is 0 Å². The molecule has 5 heteroatoms. The third kappa shape index (κ3) is 3.27. The average Bonchev–Trinajstić information content (AvgIpc) is 3.28. The molecule has 1 aliphatic heterocycles. The second kappa shape index (κ2) is 7.09. The van der Waals surface area contributed by atoms with Crippen LogP contribution >= 0.6 is 12.4 Å². The highest BCUT2D eigenvalue weighted by molar-refractivity contribution is 5.89. The average molecular weight is 347 g/mol. The molecule has 1 aliphatic carbocycles. The van der Waals surface area contributed by atoms with E-state index >= 15 is 0 Å². The molecule has 0 radical (unpaired) electrons. The molecule has 4 unspecified atom stereocenters. The first-order valence-electron chi connectivity index (χ1n) is 8.38. The minimum atomic E-state index is -0.344. The minimum Gasteiger partial charge on any atom is -0.391 e. The molecule has 1 heterocycles. The highest BCUT2D eigenvalue weighted by Crippen LogP contribution is 2.49. The van der Waals surface area contributed by atoms with E-state index in [1.165, 1.54) is 16.3 Å². The number of carbonyl (C=O) groups is 1. The van der Waals surface area contributed by atoms with Crippen molar-refractivity contribution in [3.8, 4) is 0 Å². The summed E-state index contributed by atoms with van der Waals surface area (Å²) in [7, 11) is 0. The van der Waals surface area contributed by atoms with Crippen LogP contribution in [0.25, 0.3) is 10.8 Å². The van der Waals surface area contributed by atoms with Crippen molar-refractivity contribution in [2.24, 2.45) is 11.8 Å². The van der Waals surface area contributed by atoms with E-state index < -0.39 is 0 Å². The summed E-state index contributed by atoms with van der Waals surface area (Å²) in [6, 6.07) is 14.7. The van der Waals surface area contributed by atoms with Crippen LogP contribution in [0.2, 0.25) is 0 Å². The van der Waals surface area contributed by atoms with Gasteiger partial charge in [0.2, 0.25) is 5.91 Å². The van der Waals surface area contributed by atoms with Gasteiger partial charge in [-0.15, -0.1) is 12.4 Å². The summed E-state index contributed by atoms with van der Waals surface area (Å²) in [5, 5.41) is 18.4. The van der Waals surface area contributed by atoms with Crippen LogP contribution in [-0.4, -0.2) is 36.8 Å². The van der Waals surface area contributed by atoms with Crippen LogP contribution in [-0.2, 0) is 4.79 Å². The largest absolute Gasteiger partial charge is 0.391 e. The highest BCUT2D eigenvalue weighted by Gasteiger charge is 2.44. The Labute approximate surface area is 148 Å². The Morgan fingerprint density at radius 1 is 1.17 bits per heavy atom. The Bertz CT molecular complexity index is 731. The number of hydrogen-bond acceptors (Lipinski definition) is 3. The maximum Gasteiger partial charge on any atom is 0.223 e. The van der Waals surface area contributed by atoms with Crippen LogP contribution in [0, 0.1) is 11.8 Å². The molecule has 24 heavy (non-hydrogen) atoms. The molecule has 2 fully saturated rings. The molecule has 4 atom stereocenters. The molecule has 0 bridgehead atoms. The van der Waals surface area contributed by atoms with Gasteiger partial charge in [-0.05, 0) is 28.7 Å². The Hall–Kier alpha value is -1.62. The number of amides is 1. The number of β-amino-alcohol motifs (C(OH)–C–C–N with tert-alkyl or cyclic N) is 1. The molecule has 2 aromatic carbocycles. The Kier molecular flexibility index (Phi) is 5.09. The van der Waals surface area contributed by atoms with Gasteiger partial charge in [0.05, 0.1) is 6.10 Å². The molecule has 0 spiro atoms. The van der Waals surface area contributed by atoms with E-state index in [0.717, 1.165) is 13.0 Å². The van der Waals surface area contributed by atoms with E-state index in [1.807, 2.05) is 6.07 Å². The second-order valence-corrected chi connectivity index (χ2v) is 6.75. The summed E-state index contributed by atoms with van der Waals surface area (Å²) in [5.74, 6) is 0.663. The van der Waals surface area contributed by atoms with Gasteiger partial charge >= 0.3 is 0 Å². The Balaban J connectivity index is 0.00000169. The van der Waals surface area contributed by atoms with E-state index in [2.05, 4.69) is 47.0 Å². The number of carbonyl (C=O) groups excluding carboxylic acids is 1. The van der Waals surface area contributed by atoms with Gasteiger partial charge in [-0.1, -0.05) is 42.5 Å². The van der Waals surface area contributed by atoms with Gasteiger partial charge in [0.1, 0.15) is 0 Å². The van der Waals surface area contributed by atoms with E-state index in [0.29, 0.717) is 19.0 Å². The SMILES string of the molecule is Cl.O=C(NCC1CNCC1O)C1CC1c1cccc2ccccc12. The van der Waals surface area contributed by atoms with Crippen molar-refractivity contribution >= 4 is 29.1 Å². The molecule has 1 saturated heterocycles. The number of hydrogen-bond donors (Lipinski definition) is 3. The number of fused-ring (bicyclic) bond motifs is 1. The van der Waals surface area contributed by atoms with Crippen molar-refractivity contribution in [1.29, 1.82) is 0 Å². The zero-order valence-electron chi connectivity index (χ0n) is 13.4. The van der Waals surface area contributed by atoms with E-state index in [4.69, 9.17) is 0 Å². The first-order valence-corrected chi connectivity index (χ1v) is 8.38. The smallest absolute Gasteiger partial charge is 0.223 e. The lowest BCUT2D eigenvalue weighted by Crippen LogP contribution is -2.35. The first-order chi connectivity index (χ1) is 11.2. The third-order valence-electron chi connectivity index (χ3n) is 5.19. The zero-order valence-corrected chi connectivity index (χ0v) is 14.3. The first kappa shape index (κ1) is 17.2. The van der Waals surface area contributed by atoms with Crippen LogP contribution in [0.4, 0.5) is 0 Å². The minimum absolute atomic E-state index is 0. The number of rotatable bonds is 4. The van der Waals surface area contributed by atoms with Crippen molar-refractivity contribution in [3.05, 3.63) is 48.0 Å². The van der Waals surface area contributed by atoms with Crippen LogP contribution in [0.5, 0.6) is 0 Å². The predicted molar refractivity (Wildman–Crippen MR) is 97.4 cm³/mol. The summed E-state index contributed by atoms with van der Waals surface area (Å²) in [6.45, 7) is 1.97. The molecule has 3 N–H and O–H groups in total. The van der Waals surface area contributed by atoms with Gasteiger partial charge < -0.3 is 15.7 Å². The van der Waals surface area contributed by atoms with Crippen LogP contribution in [0.3, 0.4) is 0 Å². The topological polar surface area (TPSA) is 61.4 Å². The molecule has 4 rings (SSSR count). The number of halogens is 1. The van der Waals surface area contributed by atoms with E-state index in [-0.39, 0.29) is 36.3 Å². The molecular weight excluding hydrogens is 324 g/mol. The number of aliphatic hydroxyl groups excluding tert-OH is 1. The lowest BCUT2D eigenvalue weighted by atomic mass is 10.00. The second-order valence-electron chi connectivity index (χ2n) is 6.75. The third-order valence-corrected chi connectivity index (χ3v) is 5.19. The zero-order chi connectivity index (χ0) is 15.8. The Morgan fingerprint density at radius 3 is 2.75 bits per heavy atom. The number of nitrogens with one attached hydrogen (secondary N) is 2. The number of aliphatic hydroxyl groups is 1. The van der Waals surface area contributed by atoms with Gasteiger partial charge in [-0.25, -0.2) is 0 Å². The predicted octanol–water partition coefficient (Wildman–Crippen LogP) is 2.06. The normalized spacial score (nSPS) is 28.4. The van der Waals surface area contributed by atoms with E-state index in [1.54, 1.807) is 0 Å². The van der Waals surface area contributed by atoms with Crippen molar-refractivity contribution in [3.63, 3.8) is 0 Å². The fraction of sp³-hybridized carbons (Fsp3) is 0.421. The van der Waals surface area contributed by atoms with Gasteiger partial charge in [-0.3, -0.25) is 4.79 Å². The maximum atomic E-state index is 12.4. The lowest BCUT2D eigenvalue weighted by Gasteiger charge is -2.14. The molecular formula is C19H23ClN2O2. The van der Waals surface area contributed by atoms with Gasteiger partial charge in [-0.2, -0.15) is 0 Å². The highest BCUT2D eigenvalue weighted by atomic mass is 35.5. The van der Waals surface area contributed by atoms with E-state index in [9.17, 15) is 9.90 Å². The molecule has 4 nitrogen and oxygen atoms in total. The summed E-state index contributed by atoms with van der Waals surface area (Å²) in [4.78, 5) is 12.4. The van der Waals surface area contributed by atoms with Crippen molar-refractivity contribution in [2.45, 2.75) is 18.4 Å². The Morgan fingerprint density at radius 2 is 1.96 bits per heavy atom. The summed E-state index contributed by atoms with van der Waals surface area (Å²) < 4.78 is 0. The van der Waals surface area contributed by atoms with Gasteiger partial charge in [0, 0.05) is 31.5 Å². The number of benzene rings is 2. The molecule has 2 aromatic rings. The van der Waals surface area contributed by atoms with Crippen molar-refractivity contribution in [1.82, 2.24) is 10.6 Å². The molecule has 0 aromatic heterocycles. The van der Waals surface area contributed by atoms with Gasteiger partial charge in [0.25, 0.3) is 0 Å². The molecule has 128 valence electrons. The lowest BCUT2D eigenvalue weighted by molar-refractivity contribution is -0.122. The summed E-state index contributed by atoms with van der Waals surface area (Å²) in [6.07, 6.45) is 0.578. The van der Waals surface area contributed by atoms with Crippen molar-refractivity contribution < 1.29 is 9.90 Å². The standard InChI is InChI=1S/C19H22N2O2.ClH/c22-18-11-20-9-13(18)10-21-19(23)17-8-16(17)15-7-3-5-12-4-1-2-6-14(12)15;/h1-7,13,16-18,20,22H,8-11H2,(H,21,23);1H. The molecule has 2 aliphatic rings. The summed E-state index contributed by atoms with van der Waals surface area (Å²) >= 11 is 0. The van der Waals surface area contributed by atoms with Crippen LogP contribution in [0.15, 0.2) is 42.5 Å². The molecule has 1 amide bonds. The monoisotopic (exact) mass is 346 g/mol. The fourth-order valence-electron chi connectivity index (χ4n) is 3.69. The van der Waals surface area contributed by atoms with Crippen molar-refractivity contribution in [2.75, 3.05) is 19.6 Å². The maximum absolute atomic E-state index is 12.4.